The lowest BCUT2D eigenvalue weighted by atomic mass is 10.2. The Hall–Kier alpha value is -1.31. The highest BCUT2D eigenvalue weighted by molar-refractivity contribution is 7.89. The van der Waals surface area contributed by atoms with Crippen molar-refractivity contribution < 1.29 is 8.42 Å². The van der Waals surface area contributed by atoms with E-state index in [2.05, 4.69) is 14.7 Å². The summed E-state index contributed by atoms with van der Waals surface area (Å²) in [6.07, 6.45) is 3.77. The van der Waals surface area contributed by atoms with Crippen molar-refractivity contribution in [1.29, 1.82) is 0 Å². The van der Waals surface area contributed by atoms with Crippen molar-refractivity contribution in [1.82, 2.24) is 14.7 Å². The van der Waals surface area contributed by atoms with Crippen molar-refractivity contribution in [3.63, 3.8) is 0 Å². The highest BCUT2D eigenvalue weighted by Gasteiger charge is 2.12. The Morgan fingerprint density at radius 2 is 2.11 bits per heavy atom. The first-order valence-electron chi connectivity index (χ1n) is 5.92. The minimum Gasteiger partial charge on any atom is -0.256 e. The molecule has 1 N–H and O–H groups in total. The molecule has 0 radical (unpaired) electrons. The molecule has 2 heterocycles. The highest BCUT2D eigenvalue weighted by atomic mass is 32.2. The van der Waals surface area contributed by atoms with E-state index in [-0.39, 0.29) is 12.3 Å². The zero-order chi connectivity index (χ0) is 13.7. The molecule has 0 aromatic carbocycles. The summed E-state index contributed by atoms with van der Waals surface area (Å²) in [6.45, 7) is 2.00. The van der Waals surface area contributed by atoms with Crippen LogP contribution >= 0.6 is 11.3 Å². The van der Waals surface area contributed by atoms with Crippen LogP contribution in [0.4, 0.5) is 0 Å². The number of hydrogen-bond donors (Lipinski definition) is 1. The molecule has 7 heteroatoms. The Labute approximate surface area is 116 Å². The number of thiophene rings is 1. The van der Waals surface area contributed by atoms with Crippen molar-refractivity contribution in [3.8, 4) is 11.3 Å². The van der Waals surface area contributed by atoms with Gasteiger partial charge < -0.3 is 0 Å². The summed E-state index contributed by atoms with van der Waals surface area (Å²) in [5, 5.41) is 3.92. The molecule has 2 rings (SSSR count). The first kappa shape index (κ1) is 14.1. The van der Waals surface area contributed by atoms with Crippen molar-refractivity contribution in [2.75, 3.05) is 5.75 Å². The molecule has 0 aliphatic rings. The average molecular weight is 297 g/mol. The molecule has 102 valence electrons. The maximum absolute atomic E-state index is 11.6. The highest BCUT2D eigenvalue weighted by Crippen LogP contribution is 2.22. The van der Waals surface area contributed by atoms with Gasteiger partial charge in [-0.15, -0.1) is 0 Å². The lowest BCUT2D eigenvalue weighted by Crippen LogP contribution is -2.26. The van der Waals surface area contributed by atoms with Crippen LogP contribution in [0.3, 0.4) is 0 Å². The van der Waals surface area contributed by atoms with Crippen molar-refractivity contribution in [2.45, 2.75) is 19.9 Å². The molecule has 0 unspecified atom stereocenters. The fourth-order valence-electron chi connectivity index (χ4n) is 1.66. The summed E-state index contributed by atoms with van der Waals surface area (Å²) in [6, 6.07) is 1.94. The molecule has 0 atom stereocenters. The van der Waals surface area contributed by atoms with E-state index in [0.29, 0.717) is 12.1 Å². The maximum atomic E-state index is 11.6. The van der Waals surface area contributed by atoms with Crippen LogP contribution in [-0.2, 0) is 16.6 Å². The molecule has 0 saturated carbocycles. The van der Waals surface area contributed by atoms with Crippen LogP contribution in [0.1, 0.15) is 19.0 Å². The quantitative estimate of drug-likeness (QED) is 0.885. The third-order valence-corrected chi connectivity index (χ3v) is 4.71. The number of rotatable bonds is 6. The number of nitrogens with zero attached hydrogens (tertiary/aromatic N) is 2. The van der Waals surface area contributed by atoms with Gasteiger partial charge in [0.15, 0.2) is 0 Å². The smallest absolute Gasteiger partial charge is 0.211 e. The van der Waals surface area contributed by atoms with Gasteiger partial charge in [0, 0.05) is 23.3 Å². The number of hydrogen-bond acceptors (Lipinski definition) is 5. The molecule has 19 heavy (non-hydrogen) atoms. The van der Waals surface area contributed by atoms with Crippen LogP contribution in [0.15, 0.2) is 29.2 Å². The van der Waals surface area contributed by atoms with Crippen molar-refractivity contribution in [2.24, 2.45) is 0 Å². The lowest BCUT2D eigenvalue weighted by Gasteiger charge is -2.08. The SMILES string of the molecule is CCCS(=O)(=O)NCc1nccnc1-c1ccsc1. The minimum absolute atomic E-state index is 0.126. The van der Waals surface area contributed by atoms with Crippen LogP contribution in [0.5, 0.6) is 0 Å². The van der Waals surface area contributed by atoms with Crippen LogP contribution in [-0.4, -0.2) is 24.1 Å². The van der Waals surface area contributed by atoms with Crippen molar-refractivity contribution in [3.05, 3.63) is 34.9 Å². The van der Waals surface area contributed by atoms with E-state index >= 15 is 0 Å². The van der Waals surface area contributed by atoms with Gasteiger partial charge in [-0.05, 0) is 17.9 Å². The zero-order valence-electron chi connectivity index (χ0n) is 10.5. The van der Waals surface area contributed by atoms with Gasteiger partial charge in [0.05, 0.1) is 23.7 Å². The molecule has 0 spiro atoms. The van der Waals surface area contributed by atoms with Crippen LogP contribution in [0.25, 0.3) is 11.3 Å². The standard InChI is InChI=1S/C12H15N3O2S2/c1-2-7-19(16,17)15-8-11-12(14-5-4-13-11)10-3-6-18-9-10/h3-6,9,15H,2,7-8H2,1H3. The third-order valence-electron chi connectivity index (χ3n) is 2.50. The number of sulfonamides is 1. The fourth-order valence-corrected chi connectivity index (χ4v) is 3.33. The van der Waals surface area contributed by atoms with Gasteiger partial charge in [0.1, 0.15) is 0 Å². The molecule has 0 bridgehead atoms. The van der Waals surface area contributed by atoms with Gasteiger partial charge >= 0.3 is 0 Å². The summed E-state index contributed by atoms with van der Waals surface area (Å²) >= 11 is 1.57. The predicted molar refractivity (Wildman–Crippen MR) is 76.3 cm³/mol. The molecular formula is C12H15N3O2S2. The summed E-state index contributed by atoms with van der Waals surface area (Å²) in [5.41, 5.74) is 2.33. The van der Waals surface area contributed by atoms with E-state index in [0.717, 1.165) is 11.3 Å². The lowest BCUT2D eigenvalue weighted by molar-refractivity contribution is 0.579. The molecule has 0 aliphatic carbocycles. The van der Waals surface area contributed by atoms with E-state index in [1.54, 1.807) is 23.7 Å². The van der Waals surface area contributed by atoms with Gasteiger partial charge in [0.25, 0.3) is 0 Å². The second-order valence-corrected chi connectivity index (χ2v) is 6.71. The van der Waals surface area contributed by atoms with Crippen LogP contribution in [0, 0.1) is 0 Å². The Morgan fingerprint density at radius 3 is 2.79 bits per heavy atom. The Bertz CT molecular complexity index is 624. The van der Waals surface area contributed by atoms with E-state index in [9.17, 15) is 8.42 Å². The predicted octanol–water partition coefficient (Wildman–Crippen LogP) is 2.03. The number of aromatic nitrogens is 2. The van der Waals surface area contributed by atoms with E-state index in [1.165, 1.54) is 0 Å². The van der Waals surface area contributed by atoms with Gasteiger partial charge in [-0.3, -0.25) is 9.97 Å². The minimum atomic E-state index is -3.23. The molecule has 0 saturated heterocycles. The van der Waals surface area contributed by atoms with Crippen LogP contribution < -0.4 is 4.72 Å². The van der Waals surface area contributed by atoms with Gasteiger partial charge in [-0.1, -0.05) is 6.92 Å². The summed E-state index contributed by atoms with van der Waals surface area (Å²) in [7, 11) is -3.23. The Morgan fingerprint density at radius 1 is 1.32 bits per heavy atom. The van der Waals surface area contributed by atoms with Crippen molar-refractivity contribution >= 4 is 21.4 Å². The largest absolute Gasteiger partial charge is 0.256 e. The van der Waals surface area contributed by atoms with E-state index in [4.69, 9.17) is 0 Å². The van der Waals surface area contributed by atoms with Crippen LogP contribution in [0.2, 0.25) is 0 Å². The zero-order valence-corrected chi connectivity index (χ0v) is 12.2. The van der Waals surface area contributed by atoms with E-state index in [1.807, 2.05) is 23.8 Å². The molecule has 0 aliphatic heterocycles. The van der Waals surface area contributed by atoms with Gasteiger partial charge in [-0.25, -0.2) is 13.1 Å². The Kier molecular flexibility index (Phi) is 4.62. The number of nitrogens with one attached hydrogen (secondary N) is 1. The molecule has 2 aromatic rings. The molecule has 2 aromatic heterocycles. The summed E-state index contributed by atoms with van der Waals surface area (Å²) in [4.78, 5) is 8.49. The molecule has 0 amide bonds. The molecule has 0 fully saturated rings. The first-order chi connectivity index (χ1) is 9.12. The summed E-state index contributed by atoms with van der Waals surface area (Å²) in [5.74, 6) is 0.126. The topological polar surface area (TPSA) is 72.0 Å². The second-order valence-electron chi connectivity index (χ2n) is 4.00. The average Bonchev–Trinajstić information content (AvgIpc) is 2.90. The first-order valence-corrected chi connectivity index (χ1v) is 8.51. The fraction of sp³-hybridized carbons (Fsp3) is 0.333. The maximum Gasteiger partial charge on any atom is 0.211 e. The Balaban J connectivity index is 2.18. The van der Waals surface area contributed by atoms with Gasteiger partial charge in [0.2, 0.25) is 10.0 Å². The van der Waals surface area contributed by atoms with Gasteiger partial charge in [-0.2, -0.15) is 11.3 Å². The summed E-state index contributed by atoms with van der Waals surface area (Å²) < 4.78 is 25.8. The molecular weight excluding hydrogens is 282 g/mol. The molecule has 5 nitrogen and oxygen atoms in total. The second kappa shape index (κ2) is 6.23. The monoisotopic (exact) mass is 297 g/mol. The third kappa shape index (κ3) is 3.82. The normalized spacial score (nSPS) is 11.6. The van der Waals surface area contributed by atoms with E-state index < -0.39 is 10.0 Å².